The van der Waals surface area contributed by atoms with E-state index in [1.807, 2.05) is 36.7 Å². The Bertz CT molecular complexity index is 990. The highest BCUT2D eigenvalue weighted by atomic mass is 32.1. The van der Waals surface area contributed by atoms with Crippen LogP contribution in [0.3, 0.4) is 0 Å². The zero-order valence-electron chi connectivity index (χ0n) is 18.4. The summed E-state index contributed by atoms with van der Waals surface area (Å²) in [5.41, 5.74) is 3.09. The molecule has 0 bridgehead atoms. The molecule has 0 radical (unpaired) electrons. The first-order chi connectivity index (χ1) is 15.1. The van der Waals surface area contributed by atoms with E-state index in [0.717, 1.165) is 42.0 Å². The number of hydrogen-bond donors (Lipinski definition) is 0. The first-order valence-corrected chi connectivity index (χ1v) is 12.0. The lowest BCUT2D eigenvalue weighted by Gasteiger charge is -2.29. The molecule has 0 unspecified atom stereocenters. The van der Waals surface area contributed by atoms with Crippen molar-refractivity contribution in [3.05, 3.63) is 69.7 Å². The van der Waals surface area contributed by atoms with E-state index in [0.29, 0.717) is 25.7 Å². The minimum absolute atomic E-state index is 0.141. The fourth-order valence-electron chi connectivity index (χ4n) is 4.35. The minimum Gasteiger partial charge on any atom is -0.493 e. The maximum atomic E-state index is 13.3. The standard InChI is InChI=1S/C25H31N3O2S/c1-19-15-20(2)28(26-19)18-25(29)27(22-8-3-4-9-22)17-21-7-5-10-23(16-21)30-13-12-24-11-6-14-31-24/h5-7,10-11,14-16,22H,3-4,8-9,12-13,17-18H2,1-2H3. The highest BCUT2D eigenvalue weighted by Gasteiger charge is 2.27. The van der Waals surface area contributed by atoms with Crippen LogP contribution in [0.25, 0.3) is 0 Å². The van der Waals surface area contributed by atoms with Gasteiger partial charge in [0, 0.05) is 29.6 Å². The van der Waals surface area contributed by atoms with E-state index in [1.54, 1.807) is 11.3 Å². The van der Waals surface area contributed by atoms with E-state index in [1.165, 1.54) is 17.7 Å². The van der Waals surface area contributed by atoms with Gasteiger partial charge in [-0.1, -0.05) is 31.0 Å². The Morgan fingerprint density at radius 1 is 1.19 bits per heavy atom. The lowest BCUT2D eigenvalue weighted by molar-refractivity contribution is -0.135. The Balaban J connectivity index is 1.42. The number of rotatable bonds is 9. The Morgan fingerprint density at radius 3 is 2.74 bits per heavy atom. The number of benzene rings is 1. The summed E-state index contributed by atoms with van der Waals surface area (Å²) < 4.78 is 7.81. The number of thiophene rings is 1. The maximum Gasteiger partial charge on any atom is 0.244 e. The molecule has 0 N–H and O–H groups in total. The van der Waals surface area contributed by atoms with Crippen molar-refractivity contribution >= 4 is 17.2 Å². The molecule has 5 nitrogen and oxygen atoms in total. The van der Waals surface area contributed by atoms with Crippen molar-refractivity contribution in [2.75, 3.05) is 6.61 Å². The number of nitrogens with zero attached hydrogens (tertiary/aromatic N) is 3. The molecule has 0 aliphatic heterocycles. The second-order valence-corrected chi connectivity index (χ2v) is 9.40. The molecule has 1 aliphatic rings. The summed E-state index contributed by atoms with van der Waals surface area (Å²) in [5, 5.41) is 6.58. The van der Waals surface area contributed by atoms with E-state index in [4.69, 9.17) is 4.74 Å². The fraction of sp³-hybridized carbons (Fsp3) is 0.440. The van der Waals surface area contributed by atoms with Gasteiger partial charge in [-0.15, -0.1) is 11.3 Å². The summed E-state index contributed by atoms with van der Waals surface area (Å²) in [6.07, 6.45) is 5.47. The van der Waals surface area contributed by atoms with E-state index in [2.05, 4.69) is 39.6 Å². The van der Waals surface area contributed by atoms with Gasteiger partial charge in [-0.05, 0) is 61.9 Å². The number of aromatic nitrogens is 2. The van der Waals surface area contributed by atoms with Crippen LogP contribution in [-0.4, -0.2) is 33.2 Å². The Morgan fingerprint density at radius 2 is 2.03 bits per heavy atom. The maximum absolute atomic E-state index is 13.3. The van der Waals surface area contributed by atoms with Crippen LogP contribution in [0, 0.1) is 13.8 Å². The van der Waals surface area contributed by atoms with Crippen molar-refractivity contribution < 1.29 is 9.53 Å². The summed E-state index contributed by atoms with van der Waals surface area (Å²) in [4.78, 5) is 16.7. The predicted molar refractivity (Wildman–Crippen MR) is 124 cm³/mol. The molecule has 6 heteroatoms. The molecule has 0 spiro atoms. The SMILES string of the molecule is Cc1cc(C)n(CC(=O)N(Cc2cccc(OCCc3cccs3)c2)C2CCCC2)n1. The average molecular weight is 438 g/mol. The van der Waals surface area contributed by atoms with Crippen molar-refractivity contribution in [3.63, 3.8) is 0 Å². The molecule has 1 aliphatic carbocycles. The minimum atomic E-state index is 0.141. The monoisotopic (exact) mass is 437 g/mol. The van der Waals surface area contributed by atoms with Crippen LogP contribution in [-0.2, 0) is 24.3 Å². The number of ether oxygens (including phenoxy) is 1. The van der Waals surface area contributed by atoms with Crippen LogP contribution < -0.4 is 4.74 Å². The zero-order valence-corrected chi connectivity index (χ0v) is 19.2. The van der Waals surface area contributed by atoms with Gasteiger partial charge < -0.3 is 9.64 Å². The molecule has 164 valence electrons. The third-order valence-corrected chi connectivity index (χ3v) is 6.86. The van der Waals surface area contributed by atoms with Crippen LogP contribution in [0.5, 0.6) is 5.75 Å². The highest BCUT2D eigenvalue weighted by molar-refractivity contribution is 7.09. The number of amides is 1. The molecule has 31 heavy (non-hydrogen) atoms. The van der Waals surface area contributed by atoms with Crippen LogP contribution in [0.15, 0.2) is 47.8 Å². The van der Waals surface area contributed by atoms with Crippen molar-refractivity contribution in [3.8, 4) is 5.75 Å². The number of carbonyl (C=O) groups is 1. The van der Waals surface area contributed by atoms with Crippen molar-refractivity contribution in [1.29, 1.82) is 0 Å². The lowest BCUT2D eigenvalue weighted by atomic mass is 10.1. The highest BCUT2D eigenvalue weighted by Crippen LogP contribution is 2.26. The quantitative estimate of drug-likeness (QED) is 0.465. The van der Waals surface area contributed by atoms with Gasteiger partial charge in [0.1, 0.15) is 12.3 Å². The van der Waals surface area contributed by atoms with Crippen molar-refractivity contribution in [1.82, 2.24) is 14.7 Å². The fourth-order valence-corrected chi connectivity index (χ4v) is 5.04. The van der Waals surface area contributed by atoms with Crippen LogP contribution in [0.2, 0.25) is 0 Å². The average Bonchev–Trinajstić information content (AvgIpc) is 3.50. The molecule has 3 aromatic rings. The van der Waals surface area contributed by atoms with Crippen LogP contribution in [0.4, 0.5) is 0 Å². The van der Waals surface area contributed by atoms with Gasteiger partial charge in [0.25, 0.3) is 0 Å². The molecule has 0 saturated heterocycles. The molecule has 4 rings (SSSR count). The summed E-state index contributed by atoms with van der Waals surface area (Å²) in [6, 6.07) is 14.7. The summed E-state index contributed by atoms with van der Waals surface area (Å²) >= 11 is 1.76. The topological polar surface area (TPSA) is 47.4 Å². The third-order valence-electron chi connectivity index (χ3n) is 5.92. The van der Waals surface area contributed by atoms with E-state index in [9.17, 15) is 4.79 Å². The van der Waals surface area contributed by atoms with E-state index < -0.39 is 0 Å². The largest absolute Gasteiger partial charge is 0.493 e. The van der Waals surface area contributed by atoms with Crippen molar-refractivity contribution in [2.45, 2.75) is 65.1 Å². The summed E-state index contributed by atoms with van der Waals surface area (Å²) in [6.45, 7) is 5.54. The summed E-state index contributed by atoms with van der Waals surface area (Å²) in [5.74, 6) is 1.01. The molecule has 1 saturated carbocycles. The van der Waals surface area contributed by atoms with Crippen LogP contribution >= 0.6 is 11.3 Å². The van der Waals surface area contributed by atoms with Gasteiger partial charge in [-0.25, -0.2) is 0 Å². The summed E-state index contributed by atoms with van der Waals surface area (Å²) in [7, 11) is 0. The molecular weight excluding hydrogens is 406 g/mol. The van der Waals surface area contributed by atoms with Crippen molar-refractivity contribution in [2.24, 2.45) is 0 Å². The molecule has 0 atom stereocenters. The molecular formula is C25H31N3O2S. The normalized spacial score (nSPS) is 14.1. The van der Waals surface area contributed by atoms with Gasteiger partial charge in [0.2, 0.25) is 5.91 Å². The molecule has 2 heterocycles. The lowest BCUT2D eigenvalue weighted by Crippen LogP contribution is -2.40. The Labute approximate surface area is 188 Å². The van der Waals surface area contributed by atoms with Gasteiger partial charge in [-0.2, -0.15) is 5.10 Å². The van der Waals surface area contributed by atoms with Gasteiger partial charge in [-0.3, -0.25) is 9.48 Å². The first-order valence-electron chi connectivity index (χ1n) is 11.1. The molecule has 1 amide bonds. The van der Waals surface area contributed by atoms with Crippen LogP contribution in [0.1, 0.15) is 47.5 Å². The van der Waals surface area contributed by atoms with Gasteiger partial charge in [0.05, 0.1) is 12.3 Å². The van der Waals surface area contributed by atoms with Gasteiger partial charge >= 0.3 is 0 Å². The number of carbonyl (C=O) groups excluding carboxylic acids is 1. The molecule has 2 aromatic heterocycles. The number of aryl methyl sites for hydroxylation is 2. The van der Waals surface area contributed by atoms with E-state index in [-0.39, 0.29) is 5.91 Å². The Kier molecular flexibility index (Phi) is 7.07. The Hall–Kier alpha value is -2.60. The smallest absolute Gasteiger partial charge is 0.244 e. The predicted octanol–water partition coefficient (Wildman–Crippen LogP) is 5.15. The molecule has 1 aromatic carbocycles. The third kappa shape index (κ3) is 5.76. The zero-order chi connectivity index (χ0) is 21.6. The number of hydrogen-bond acceptors (Lipinski definition) is 4. The second kappa shape index (κ2) is 10.1. The van der Waals surface area contributed by atoms with Gasteiger partial charge in [0.15, 0.2) is 0 Å². The molecule has 1 fully saturated rings. The second-order valence-electron chi connectivity index (χ2n) is 8.37. The van der Waals surface area contributed by atoms with E-state index >= 15 is 0 Å². The first kappa shape index (κ1) is 21.6.